The SMILES string of the molecule is O=C1Nc2ccc(C#CCc3ccccc3)cc2C(=O)C1=Cc1ccc(Cl)c(Cl)c1. The maximum Gasteiger partial charge on any atom is 0.259 e. The Bertz CT molecular complexity index is 1250. The first-order valence-electron chi connectivity index (χ1n) is 9.21. The van der Waals surface area contributed by atoms with E-state index >= 15 is 0 Å². The highest BCUT2D eigenvalue weighted by atomic mass is 35.5. The van der Waals surface area contributed by atoms with Gasteiger partial charge in [0.25, 0.3) is 5.91 Å². The van der Waals surface area contributed by atoms with E-state index in [0.717, 1.165) is 5.56 Å². The number of halogens is 2. The van der Waals surface area contributed by atoms with Gasteiger partial charge in [0.2, 0.25) is 5.78 Å². The molecule has 0 atom stereocenters. The van der Waals surface area contributed by atoms with Crippen molar-refractivity contribution in [3.63, 3.8) is 0 Å². The molecule has 5 heteroatoms. The molecule has 0 saturated heterocycles. The van der Waals surface area contributed by atoms with Gasteiger partial charge in [0.1, 0.15) is 0 Å². The fourth-order valence-corrected chi connectivity index (χ4v) is 3.41. The largest absolute Gasteiger partial charge is 0.321 e. The van der Waals surface area contributed by atoms with E-state index in [-0.39, 0.29) is 11.4 Å². The van der Waals surface area contributed by atoms with Crippen LogP contribution in [0, 0.1) is 11.8 Å². The molecule has 0 saturated carbocycles. The van der Waals surface area contributed by atoms with Crippen LogP contribution in [0.3, 0.4) is 0 Å². The predicted molar refractivity (Wildman–Crippen MR) is 121 cm³/mol. The Morgan fingerprint density at radius 2 is 1.70 bits per heavy atom. The van der Waals surface area contributed by atoms with Crippen molar-refractivity contribution in [2.45, 2.75) is 6.42 Å². The van der Waals surface area contributed by atoms with E-state index < -0.39 is 5.91 Å². The number of hydrogen-bond acceptors (Lipinski definition) is 2. The first kappa shape index (κ1) is 20.0. The lowest BCUT2D eigenvalue weighted by Crippen LogP contribution is -2.27. The number of carbonyl (C=O) groups excluding carboxylic acids is 2. The third-order valence-corrected chi connectivity index (χ3v) is 5.36. The zero-order chi connectivity index (χ0) is 21.1. The molecule has 0 fully saturated rings. The summed E-state index contributed by atoms with van der Waals surface area (Å²) in [5.41, 5.74) is 3.37. The van der Waals surface area contributed by atoms with E-state index in [1.165, 1.54) is 6.08 Å². The highest BCUT2D eigenvalue weighted by molar-refractivity contribution is 6.42. The van der Waals surface area contributed by atoms with E-state index in [1.807, 2.05) is 30.3 Å². The Balaban J connectivity index is 1.62. The summed E-state index contributed by atoms with van der Waals surface area (Å²) in [6, 6.07) is 20.1. The molecule has 1 heterocycles. The van der Waals surface area contributed by atoms with Crippen molar-refractivity contribution < 1.29 is 9.59 Å². The van der Waals surface area contributed by atoms with Crippen LogP contribution >= 0.6 is 23.2 Å². The number of nitrogens with one attached hydrogen (secondary N) is 1. The van der Waals surface area contributed by atoms with Crippen LogP contribution in [0.5, 0.6) is 0 Å². The lowest BCUT2D eigenvalue weighted by atomic mass is 9.94. The maximum atomic E-state index is 13.0. The number of ketones is 1. The molecular formula is C25H15Cl2NO2. The van der Waals surface area contributed by atoms with Crippen molar-refractivity contribution in [1.82, 2.24) is 0 Å². The van der Waals surface area contributed by atoms with Gasteiger partial charge in [0.05, 0.1) is 21.3 Å². The smallest absolute Gasteiger partial charge is 0.259 e. The van der Waals surface area contributed by atoms with Crippen LogP contribution < -0.4 is 5.32 Å². The van der Waals surface area contributed by atoms with Gasteiger partial charge < -0.3 is 5.32 Å². The highest BCUT2D eigenvalue weighted by Crippen LogP contribution is 2.29. The van der Waals surface area contributed by atoms with E-state index in [1.54, 1.807) is 36.4 Å². The molecule has 1 aliphatic heterocycles. The molecule has 146 valence electrons. The molecule has 0 aliphatic carbocycles. The van der Waals surface area contributed by atoms with Crippen LogP contribution in [-0.4, -0.2) is 11.7 Å². The lowest BCUT2D eigenvalue weighted by molar-refractivity contribution is -0.112. The fourth-order valence-electron chi connectivity index (χ4n) is 3.10. The highest BCUT2D eigenvalue weighted by Gasteiger charge is 2.28. The summed E-state index contributed by atoms with van der Waals surface area (Å²) < 4.78 is 0. The van der Waals surface area contributed by atoms with Crippen molar-refractivity contribution in [2.75, 3.05) is 5.32 Å². The van der Waals surface area contributed by atoms with Crippen molar-refractivity contribution in [1.29, 1.82) is 0 Å². The number of rotatable bonds is 2. The number of fused-ring (bicyclic) bond motifs is 1. The quantitative estimate of drug-likeness (QED) is 0.316. The van der Waals surface area contributed by atoms with Gasteiger partial charge in [-0.2, -0.15) is 0 Å². The summed E-state index contributed by atoms with van der Waals surface area (Å²) in [5.74, 6) is 5.40. The average Bonchev–Trinajstić information content (AvgIpc) is 2.75. The Labute approximate surface area is 184 Å². The molecule has 0 spiro atoms. The van der Waals surface area contributed by atoms with Gasteiger partial charge in [-0.1, -0.05) is 71.4 Å². The minimum atomic E-state index is -0.457. The summed E-state index contributed by atoms with van der Waals surface area (Å²) in [6.07, 6.45) is 2.13. The summed E-state index contributed by atoms with van der Waals surface area (Å²) in [7, 11) is 0. The third kappa shape index (κ3) is 4.31. The van der Waals surface area contributed by atoms with Gasteiger partial charge >= 0.3 is 0 Å². The molecule has 0 aromatic heterocycles. The van der Waals surface area contributed by atoms with Gasteiger partial charge in [0, 0.05) is 17.5 Å². The average molecular weight is 432 g/mol. The van der Waals surface area contributed by atoms with Gasteiger partial charge in [0.15, 0.2) is 0 Å². The van der Waals surface area contributed by atoms with Gasteiger partial charge in [-0.05, 0) is 47.5 Å². The maximum absolute atomic E-state index is 13.0. The molecule has 30 heavy (non-hydrogen) atoms. The number of Topliss-reactive ketones (excluding diaryl/α,β-unsaturated/α-hetero) is 1. The van der Waals surface area contributed by atoms with Crippen molar-refractivity contribution in [2.24, 2.45) is 0 Å². The molecule has 4 rings (SSSR count). The van der Waals surface area contributed by atoms with Crippen molar-refractivity contribution in [3.8, 4) is 11.8 Å². The van der Waals surface area contributed by atoms with Crippen LogP contribution in [0.2, 0.25) is 10.0 Å². The second kappa shape index (κ2) is 8.59. The summed E-state index contributed by atoms with van der Waals surface area (Å²) in [4.78, 5) is 25.4. The number of hydrogen-bond donors (Lipinski definition) is 1. The summed E-state index contributed by atoms with van der Waals surface area (Å²) >= 11 is 12.0. The van der Waals surface area contributed by atoms with Gasteiger partial charge in [-0.3, -0.25) is 9.59 Å². The normalized spacial score (nSPS) is 14.0. The Morgan fingerprint density at radius 3 is 2.47 bits per heavy atom. The lowest BCUT2D eigenvalue weighted by Gasteiger charge is -2.18. The number of anilines is 1. The zero-order valence-electron chi connectivity index (χ0n) is 15.7. The molecule has 1 amide bonds. The number of benzene rings is 3. The molecule has 0 bridgehead atoms. The molecule has 1 aliphatic rings. The molecule has 0 unspecified atom stereocenters. The zero-order valence-corrected chi connectivity index (χ0v) is 17.2. The third-order valence-electron chi connectivity index (χ3n) is 4.62. The predicted octanol–water partition coefficient (Wildman–Crippen LogP) is 5.81. The standard InChI is InChI=1S/C25H15Cl2NO2/c26-21-11-9-18(15-22(21)27)14-20-24(29)19-13-17(10-12-23(19)28-25(20)30)8-4-7-16-5-2-1-3-6-16/h1-3,5-6,9-15H,7H2,(H,28,30). The van der Waals surface area contributed by atoms with Gasteiger partial charge in [-0.15, -0.1) is 0 Å². The van der Waals surface area contributed by atoms with E-state index in [0.29, 0.717) is 38.8 Å². The van der Waals surface area contributed by atoms with E-state index in [2.05, 4.69) is 17.2 Å². The van der Waals surface area contributed by atoms with Crippen molar-refractivity contribution in [3.05, 3.63) is 105 Å². The Hall–Kier alpha value is -3.32. The van der Waals surface area contributed by atoms with E-state index in [9.17, 15) is 9.59 Å². The first-order valence-corrected chi connectivity index (χ1v) is 9.96. The minimum Gasteiger partial charge on any atom is -0.321 e. The fraction of sp³-hybridized carbons (Fsp3) is 0.0400. The monoisotopic (exact) mass is 431 g/mol. The second-order valence-corrected chi connectivity index (χ2v) is 7.55. The summed E-state index contributed by atoms with van der Waals surface area (Å²) in [6.45, 7) is 0. The Kier molecular flexibility index (Phi) is 5.72. The van der Waals surface area contributed by atoms with Crippen LogP contribution in [-0.2, 0) is 11.2 Å². The van der Waals surface area contributed by atoms with E-state index in [4.69, 9.17) is 23.2 Å². The molecule has 3 aromatic carbocycles. The van der Waals surface area contributed by atoms with Crippen molar-refractivity contribution >= 4 is 46.7 Å². The molecular weight excluding hydrogens is 417 g/mol. The van der Waals surface area contributed by atoms with Crippen LogP contribution in [0.15, 0.2) is 72.3 Å². The van der Waals surface area contributed by atoms with Crippen LogP contribution in [0.4, 0.5) is 5.69 Å². The molecule has 0 radical (unpaired) electrons. The molecule has 3 aromatic rings. The Morgan fingerprint density at radius 1 is 0.900 bits per heavy atom. The van der Waals surface area contributed by atoms with Crippen LogP contribution in [0.25, 0.3) is 6.08 Å². The minimum absolute atomic E-state index is 0.0373. The first-order chi connectivity index (χ1) is 14.5. The summed E-state index contributed by atoms with van der Waals surface area (Å²) in [5, 5.41) is 3.52. The second-order valence-electron chi connectivity index (χ2n) is 6.74. The number of carbonyl (C=O) groups is 2. The van der Waals surface area contributed by atoms with Crippen LogP contribution in [0.1, 0.15) is 27.0 Å². The molecule has 1 N–H and O–H groups in total. The molecule has 3 nitrogen and oxygen atoms in total. The topological polar surface area (TPSA) is 46.2 Å². The number of amides is 1. The van der Waals surface area contributed by atoms with Gasteiger partial charge in [-0.25, -0.2) is 0 Å².